The molecule has 1 fully saturated rings. The number of ether oxygens (including phenoxy) is 1. The molecule has 1 heterocycles. The van der Waals surface area contributed by atoms with E-state index >= 15 is 0 Å². The first-order valence-electron chi connectivity index (χ1n) is 6.38. The second-order valence-corrected chi connectivity index (χ2v) is 4.78. The lowest BCUT2D eigenvalue weighted by Crippen LogP contribution is -2.38. The van der Waals surface area contributed by atoms with E-state index in [-0.39, 0.29) is 17.5 Å². The molecule has 0 amide bonds. The predicted octanol–water partition coefficient (Wildman–Crippen LogP) is 2.56. The fourth-order valence-corrected chi connectivity index (χ4v) is 2.16. The van der Waals surface area contributed by atoms with E-state index in [2.05, 4.69) is 5.32 Å². The molecule has 1 aliphatic heterocycles. The number of aryl methyl sites for hydroxylation is 1. The Balaban J connectivity index is 2.09. The van der Waals surface area contributed by atoms with Crippen LogP contribution in [0.4, 0.5) is 10.1 Å². The van der Waals surface area contributed by atoms with Crippen LogP contribution in [0.2, 0.25) is 0 Å². The van der Waals surface area contributed by atoms with Crippen LogP contribution in [0.25, 0.3) is 0 Å². The van der Waals surface area contributed by atoms with Crippen LogP contribution in [0.1, 0.15) is 24.8 Å². The van der Waals surface area contributed by atoms with E-state index in [0.29, 0.717) is 12.2 Å². The van der Waals surface area contributed by atoms with Crippen LogP contribution in [0.15, 0.2) is 12.1 Å². The molecule has 6 heteroatoms. The van der Waals surface area contributed by atoms with E-state index < -0.39 is 10.7 Å². The zero-order valence-electron chi connectivity index (χ0n) is 10.8. The van der Waals surface area contributed by atoms with Gasteiger partial charge in [-0.1, -0.05) is 6.42 Å². The van der Waals surface area contributed by atoms with Crippen molar-refractivity contribution in [3.8, 4) is 5.75 Å². The molecule has 1 aromatic rings. The van der Waals surface area contributed by atoms with Crippen molar-refractivity contribution in [2.75, 3.05) is 13.2 Å². The summed E-state index contributed by atoms with van der Waals surface area (Å²) >= 11 is 0. The van der Waals surface area contributed by atoms with Gasteiger partial charge in [0.15, 0.2) is 5.75 Å². The lowest BCUT2D eigenvalue weighted by Gasteiger charge is -2.23. The Hall–Kier alpha value is -1.69. The maximum atomic E-state index is 13.3. The predicted molar refractivity (Wildman–Crippen MR) is 68.9 cm³/mol. The van der Waals surface area contributed by atoms with Gasteiger partial charge in [0.1, 0.15) is 12.4 Å². The summed E-state index contributed by atoms with van der Waals surface area (Å²) in [7, 11) is 0. The molecule has 1 aromatic carbocycles. The Morgan fingerprint density at radius 3 is 2.95 bits per heavy atom. The summed E-state index contributed by atoms with van der Waals surface area (Å²) in [6.45, 7) is 2.87. The van der Waals surface area contributed by atoms with E-state index in [0.717, 1.165) is 31.9 Å². The van der Waals surface area contributed by atoms with Crippen molar-refractivity contribution in [3.63, 3.8) is 0 Å². The Kier molecular flexibility index (Phi) is 4.31. The summed E-state index contributed by atoms with van der Waals surface area (Å²) < 4.78 is 18.8. The largest absolute Gasteiger partial charge is 0.485 e. The first-order chi connectivity index (χ1) is 9.08. The number of hydrogen-bond acceptors (Lipinski definition) is 4. The van der Waals surface area contributed by atoms with Crippen LogP contribution in [-0.2, 0) is 0 Å². The lowest BCUT2D eigenvalue weighted by atomic mass is 10.1. The Morgan fingerprint density at radius 1 is 1.53 bits per heavy atom. The van der Waals surface area contributed by atoms with Crippen molar-refractivity contribution >= 4 is 5.69 Å². The smallest absolute Gasteiger partial charge is 0.313 e. The number of nitrogens with zero attached hydrogens (tertiary/aromatic N) is 1. The van der Waals surface area contributed by atoms with Gasteiger partial charge in [0.05, 0.1) is 11.0 Å². The Bertz CT molecular complexity index is 473. The van der Waals surface area contributed by atoms with Gasteiger partial charge in [0.2, 0.25) is 0 Å². The summed E-state index contributed by atoms with van der Waals surface area (Å²) in [6.07, 6.45) is 3.27. The molecule has 0 spiro atoms. The summed E-state index contributed by atoms with van der Waals surface area (Å²) in [5.74, 6) is -0.453. The highest BCUT2D eigenvalue weighted by molar-refractivity contribution is 5.48. The molecule has 1 saturated heterocycles. The molecule has 1 unspecified atom stereocenters. The standard InChI is InChI=1S/C13H17FN2O3/c1-9-6-13(12(16(17)18)7-11(9)14)19-8-10-4-2-3-5-15-10/h6-7,10,15H,2-5,8H2,1H3. The second kappa shape index (κ2) is 5.97. The minimum absolute atomic E-state index is 0.135. The van der Waals surface area contributed by atoms with Crippen molar-refractivity contribution < 1.29 is 14.1 Å². The molecule has 19 heavy (non-hydrogen) atoms. The Labute approximate surface area is 110 Å². The minimum Gasteiger partial charge on any atom is -0.485 e. The van der Waals surface area contributed by atoms with Crippen LogP contribution in [0.3, 0.4) is 0 Å². The second-order valence-electron chi connectivity index (χ2n) is 4.78. The highest BCUT2D eigenvalue weighted by Gasteiger charge is 2.20. The van der Waals surface area contributed by atoms with E-state index in [1.165, 1.54) is 6.07 Å². The van der Waals surface area contributed by atoms with E-state index in [4.69, 9.17) is 4.74 Å². The highest BCUT2D eigenvalue weighted by Crippen LogP contribution is 2.30. The van der Waals surface area contributed by atoms with Crippen LogP contribution >= 0.6 is 0 Å². The minimum atomic E-state index is -0.619. The zero-order chi connectivity index (χ0) is 13.8. The van der Waals surface area contributed by atoms with Gasteiger partial charge in [-0.15, -0.1) is 0 Å². The molecule has 0 radical (unpaired) electrons. The van der Waals surface area contributed by atoms with Crippen molar-refractivity contribution in [1.29, 1.82) is 0 Å². The maximum Gasteiger partial charge on any atom is 0.313 e. The first-order valence-corrected chi connectivity index (χ1v) is 6.38. The van der Waals surface area contributed by atoms with Crippen LogP contribution in [-0.4, -0.2) is 24.1 Å². The number of nitro groups is 1. The fourth-order valence-electron chi connectivity index (χ4n) is 2.16. The van der Waals surface area contributed by atoms with Gasteiger partial charge in [0, 0.05) is 6.04 Å². The number of benzene rings is 1. The average molecular weight is 268 g/mol. The third-order valence-electron chi connectivity index (χ3n) is 3.29. The van der Waals surface area contributed by atoms with E-state index in [1.54, 1.807) is 6.92 Å². The van der Waals surface area contributed by atoms with Crippen LogP contribution < -0.4 is 10.1 Å². The summed E-state index contributed by atoms with van der Waals surface area (Å²) in [4.78, 5) is 10.3. The molecule has 1 aliphatic rings. The topological polar surface area (TPSA) is 64.4 Å². The molecule has 1 atom stereocenters. The van der Waals surface area contributed by atoms with Gasteiger partial charge in [-0.3, -0.25) is 10.1 Å². The number of halogens is 1. The molecular formula is C13H17FN2O3. The summed E-state index contributed by atoms with van der Waals surface area (Å²) in [5, 5.41) is 14.2. The number of piperidine rings is 1. The monoisotopic (exact) mass is 268 g/mol. The first kappa shape index (κ1) is 13.7. The molecule has 0 saturated carbocycles. The van der Waals surface area contributed by atoms with Gasteiger partial charge >= 0.3 is 5.69 Å². The molecule has 2 rings (SSSR count). The van der Waals surface area contributed by atoms with Crippen LogP contribution in [0, 0.1) is 22.9 Å². The van der Waals surface area contributed by atoms with Crippen molar-refractivity contribution in [3.05, 3.63) is 33.6 Å². The quantitative estimate of drug-likeness (QED) is 0.673. The zero-order valence-corrected chi connectivity index (χ0v) is 10.8. The van der Waals surface area contributed by atoms with Crippen LogP contribution in [0.5, 0.6) is 5.75 Å². The van der Waals surface area contributed by atoms with Gasteiger partial charge in [-0.25, -0.2) is 4.39 Å². The van der Waals surface area contributed by atoms with Gasteiger partial charge in [-0.2, -0.15) is 0 Å². The number of hydrogen-bond donors (Lipinski definition) is 1. The van der Waals surface area contributed by atoms with Crippen molar-refractivity contribution in [2.45, 2.75) is 32.2 Å². The van der Waals surface area contributed by atoms with Crippen molar-refractivity contribution in [2.24, 2.45) is 0 Å². The molecule has 5 nitrogen and oxygen atoms in total. The maximum absolute atomic E-state index is 13.3. The summed E-state index contributed by atoms with van der Waals surface area (Å²) in [5.41, 5.74) is 0.0242. The summed E-state index contributed by atoms with van der Waals surface area (Å²) in [6, 6.07) is 2.51. The fraction of sp³-hybridized carbons (Fsp3) is 0.538. The average Bonchev–Trinajstić information content (AvgIpc) is 2.40. The lowest BCUT2D eigenvalue weighted by molar-refractivity contribution is -0.386. The number of nitro benzene ring substituents is 1. The highest BCUT2D eigenvalue weighted by atomic mass is 19.1. The van der Waals surface area contributed by atoms with Gasteiger partial charge in [-0.05, 0) is 37.9 Å². The SMILES string of the molecule is Cc1cc(OCC2CCCCN2)c([N+](=O)[O-])cc1F. The van der Waals surface area contributed by atoms with Crippen molar-refractivity contribution in [1.82, 2.24) is 5.32 Å². The normalized spacial score (nSPS) is 19.2. The third-order valence-corrected chi connectivity index (χ3v) is 3.29. The van der Waals surface area contributed by atoms with E-state index in [1.807, 2.05) is 0 Å². The number of rotatable bonds is 4. The Morgan fingerprint density at radius 2 is 2.32 bits per heavy atom. The molecule has 0 aliphatic carbocycles. The molecule has 104 valence electrons. The van der Waals surface area contributed by atoms with E-state index in [9.17, 15) is 14.5 Å². The number of nitrogens with one attached hydrogen (secondary N) is 1. The molecule has 0 bridgehead atoms. The van der Waals surface area contributed by atoms with Gasteiger partial charge in [0.25, 0.3) is 0 Å². The molecule has 0 aromatic heterocycles. The van der Waals surface area contributed by atoms with Gasteiger partial charge < -0.3 is 10.1 Å². The third kappa shape index (κ3) is 3.41. The molecule has 1 N–H and O–H groups in total. The molecular weight excluding hydrogens is 251 g/mol.